The Hall–Kier alpha value is -2.14. The van der Waals surface area contributed by atoms with E-state index in [2.05, 4.69) is 36.1 Å². The monoisotopic (exact) mass is 341 g/mol. The number of amides is 1. The van der Waals surface area contributed by atoms with Gasteiger partial charge in [0.15, 0.2) is 11.5 Å². The average molecular weight is 341 g/mol. The molecule has 1 aliphatic rings. The number of hydrogen-bond donors (Lipinski definition) is 1. The highest BCUT2D eigenvalue weighted by molar-refractivity contribution is 5.93. The van der Waals surface area contributed by atoms with Crippen LogP contribution in [0.4, 0.5) is 0 Å². The lowest BCUT2D eigenvalue weighted by molar-refractivity contribution is 0.0862. The molecule has 1 saturated heterocycles. The Morgan fingerprint density at radius 1 is 1.28 bits per heavy atom. The predicted molar refractivity (Wildman–Crippen MR) is 98.3 cm³/mol. The standard InChI is InChI=1S/C20H27N3O2/c1-14-9-15(2)13-23(12-14)16(3)11-21-20(24)18-10-19(25-22-18)17-7-5-4-6-8-17/h4-8,10,14-16H,9,11-13H2,1-3H3,(H,21,24)/t14-,15-,16-/m1/s1. The zero-order valence-electron chi connectivity index (χ0n) is 15.2. The zero-order valence-corrected chi connectivity index (χ0v) is 15.2. The summed E-state index contributed by atoms with van der Waals surface area (Å²) in [7, 11) is 0. The summed E-state index contributed by atoms with van der Waals surface area (Å²) in [6.45, 7) is 9.59. The minimum absolute atomic E-state index is 0.184. The second kappa shape index (κ2) is 7.83. The van der Waals surface area contributed by atoms with Crippen molar-refractivity contribution < 1.29 is 9.32 Å². The molecule has 3 atom stereocenters. The lowest BCUT2D eigenvalue weighted by atomic mass is 9.91. The molecule has 5 heteroatoms. The van der Waals surface area contributed by atoms with Crippen LogP contribution in [0.1, 0.15) is 37.7 Å². The molecule has 0 bridgehead atoms. The van der Waals surface area contributed by atoms with Crippen LogP contribution >= 0.6 is 0 Å². The van der Waals surface area contributed by atoms with E-state index in [-0.39, 0.29) is 5.91 Å². The van der Waals surface area contributed by atoms with Gasteiger partial charge in [0.05, 0.1) is 0 Å². The van der Waals surface area contributed by atoms with Gasteiger partial charge in [-0.1, -0.05) is 49.3 Å². The van der Waals surface area contributed by atoms with Crippen LogP contribution in [-0.2, 0) is 0 Å². The summed E-state index contributed by atoms with van der Waals surface area (Å²) in [5, 5.41) is 6.89. The molecule has 0 aliphatic carbocycles. The maximum absolute atomic E-state index is 12.4. The molecule has 1 fully saturated rings. The van der Waals surface area contributed by atoms with Crippen molar-refractivity contribution in [1.82, 2.24) is 15.4 Å². The lowest BCUT2D eigenvalue weighted by Crippen LogP contribution is -2.48. The first kappa shape index (κ1) is 17.7. The summed E-state index contributed by atoms with van der Waals surface area (Å²) in [5.41, 5.74) is 1.24. The van der Waals surface area contributed by atoms with Gasteiger partial charge < -0.3 is 9.84 Å². The molecule has 0 radical (unpaired) electrons. The van der Waals surface area contributed by atoms with Crippen LogP contribution in [0.5, 0.6) is 0 Å². The van der Waals surface area contributed by atoms with Gasteiger partial charge in [-0.25, -0.2) is 0 Å². The Kier molecular flexibility index (Phi) is 5.53. The van der Waals surface area contributed by atoms with Crippen molar-refractivity contribution in [2.24, 2.45) is 11.8 Å². The summed E-state index contributed by atoms with van der Waals surface area (Å²) in [4.78, 5) is 14.8. The fourth-order valence-corrected chi connectivity index (χ4v) is 3.65. The van der Waals surface area contributed by atoms with Crippen LogP contribution < -0.4 is 5.32 Å². The number of piperidine rings is 1. The van der Waals surface area contributed by atoms with Crippen LogP contribution in [0.2, 0.25) is 0 Å². The van der Waals surface area contributed by atoms with Crippen molar-refractivity contribution in [3.63, 3.8) is 0 Å². The van der Waals surface area contributed by atoms with Crippen LogP contribution in [-0.4, -0.2) is 41.6 Å². The topological polar surface area (TPSA) is 58.4 Å². The van der Waals surface area contributed by atoms with Gasteiger partial charge in [0, 0.05) is 37.3 Å². The Bertz CT molecular complexity index is 688. The number of nitrogens with zero attached hydrogens (tertiary/aromatic N) is 2. The van der Waals surface area contributed by atoms with Crippen molar-refractivity contribution in [1.29, 1.82) is 0 Å². The number of aromatic nitrogens is 1. The largest absolute Gasteiger partial charge is 0.355 e. The summed E-state index contributed by atoms with van der Waals surface area (Å²) >= 11 is 0. The third-order valence-electron chi connectivity index (χ3n) is 4.88. The molecule has 1 N–H and O–H groups in total. The molecule has 134 valence electrons. The van der Waals surface area contributed by atoms with E-state index in [1.807, 2.05) is 30.3 Å². The SMILES string of the molecule is C[C@@H]1C[C@@H](C)CN([C@H](C)CNC(=O)c2cc(-c3ccccc3)on2)C1. The number of nitrogens with one attached hydrogen (secondary N) is 1. The van der Waals surface area contributed by atoms with Crippen LogP contribution in [0.3, 0.4) is 0 Å². The zero-order chi connectivity index (χ0) is 17.8. The van der Waals surface area contributed by atoms with E-state index in [0.29, 0.717) is 35.9 Å². The van der Waals surface area contributed by atoms with E-state index >= 15 is 0 Å². The number of carbonyl (C=O) groups is 1. The maximum atomic E-state index is 12.4. The molecular formula is C20H27N3O2. The Labute approximate surface area is 149 Å². The number of carbonyl (C=O) groups excluding carboxylic acids is 1. The minimum Gasteiger partial charge on any atom is -0.355 e. The first-order valence-electron chi connectivity index (χ1n) is 9.07. The molecule has 25 heavy (non-hydrogen) atoms. The second-order valence-corrected chi connectivity index (χ2v) is 7.40. The van der Waals surface area contributed by atoms with E-state index in [1.165, 1.54) is 6.42 Å². The minimum atomic E-state index is -0.184. The Morgan fingerprint density at radius 3 is 2.64 bits per heavy atom. The van der Waals surface area contributed by atoms with Crippen LogP contribution in [0, 0.1) is 11.8 Å². The lowest BCUT2D eigenvalue weighted by Gasteiger charge is -2.38. The molecule has 1 amide bonds. The Balaban J connectivity index is 1.55. The van der Waals surface area contributed by atoms with Crippen LogP contribution in [0.25, 0.3) is 11.3 Å². The summed E-state index contributed by atoms with van der Waals surface area (Å²) < 4.78 is 5.30. The number of rotatable bonds is 5. The number of hydrogen-bond acceptors (Lipinski definition) is 4. The Morgan fingerprint density at radius 2 is 1.96 bits per heavy atom. The smallest absolute Gasteiger partial charge is 0.273 e. The van der Waals surface area contributed by atoms with E-state index in [1.54, 1.807) is 6.07 Å². The highest BCUT2D eigenvalue weighted by Crippen LogP contribution is 2.22. The van der Waals surface area contributed by atoms with Gasteiger partial charge in [0.25, 0.3) is 5.91 Å². The summed E-state index contributed by atoms with van der Waals surface area (Å²) in [6, 6.07) is 11.7. The van der Waals surface area contributed by atoms with Gasteiger partial charge >= 0.3 is 0 Å². The maximum Gasteiger partial charge on any atom is 0.273 e. The average Bonchev–Trinajstić information content (AvgIpc) is 3.09. The summed E-state index contributed by atoms with van der Waals surface area (Å²) in [6.07, 6.45) is 1.29. The van der Waals surface area contributed by atoms with Crippen molar-refractivity contribution in [2.75, 3.05) is 19.6 Å². The molecule has 3 rings (SSSR count). The fourth-order valence-electron chi connectivity index (χ4n) is 3.65. The summed E-state index contributed by atoms with van der Waals surface area (Å²) in [5.74, 6) is 1.85. The van der Waals surface area contributed by atoms with E-state index in [0.717, 1.165) is 18.7 Å². The van der Waals surface area contributed by atoms with Gasteiger partial charge in [0.2, 0.25) is 0 Å². The van der Waals surface area contributed by atoms with Crippen molar-refractivity contribution in [3.05, 3.63) is 42.1 Å². The van der Waals surface area contributed by atoms with Crippen molar-refractivity contribution >= 4 is 5.91 Å². The predicted octanol–water partition coefficient (Wildman–Crippen LogP) is 3.44. The molecule has 2 heterocycles. The molecule has 0 saturated carbocycles. The van der Waals surface area contributed by atoms with E-state index in [4.69, 9.17) is 4.52 Å². The highest BCUT2D eigenvalue weighted by atomic mass is 16.5. The van der Waals surface area contributed by atoms with E-state index < -0.39 is 0 Å². The fraction of sp³-hybridized carbons (Fsp3) is 0.500. The van der Waals surface area contributed by atoms with Gasteiger partial charge in [-0.3, -0.25) is 9.69 Å². The molecule has 0 unspecified atom stereocenters. The van der Waals surface area contributed by atoms with Crippen molar-refractivity contribution in [3.8, 4) is 11.3 Å². The highest BCUT2D eigenvalue weighted by Gasteiger charge is 2.25. The molecule has 0 spiro atoms. The van der Waals surface area contributed by atoms with Crippen molar-refractivity contribution in [2.45, 2.75) is 33.2 Å². The third-order valence-corrected chi connectivity index (χ3v) is 4.88. The molecule has 5 nitrogen and oxygen atoms in total. The number of benzene rings is 1. The van der Waals surface area contributed by atoms with E-state index in [9.17, 15) is 4.79 Å². The third kappa shape index (κ3) is 4.48. The molecule has 1 aromatic heterocycles. The molecule has 2 aromatic rings. The molecular weight excluding hydrogens is 314 g/mol. The quantitative estimate of drug-likeness (QED) is 0.905. The van der Waals surface area contributed by atoms with Gasteiger partial charge in [-0.2, -0.15) is 0 Å². The van der Waals surface area contributed by atoms with Crippen LogP contribution in [0.15, 0.2) is 40.9 Å². The first-order valence-corrected chi connectivity index (χ1v) is 9.07. The molecule has 1 aliphatic heterocycles. The second-order valence-electron chi connectivity index (χ2n) is 7.40. The van der Waals surface area contributed by atoms with Gasteiger partial charge in [0.1, 0.15) is 0 Å². The van der Waals surface area contributed by atoms with Gasteiger partial charge in [-0.15, -0.1) is 0 Å². The normalized spacial score (nSPS) is 22.5. The first-order chi connectivity index (χ1) is 12.0. The molecule has 1 aromatic carbocycles. The van der Waals surface area contributed by atoms with Gasteiger partial charge in [-0.05, 0) is 25.2 Å². The number of likely N-dealkylation sites (tertiary alicyclic amines) is 1.